The molecule has 18 heavy (non-hydrogen) atoms. The second-order valence-corrected chi connectivity index (χ2v) is 5.18. The molecule has 0 aliphatic rings. The molecular weight excluding hydrogens is 296 g/mol. The second kappa shape index (κ2) is 4.94. The minimum atomic E-state index is -0.137. The van der Waals surface area contributed by atoms with Crippen LogP contribution in [0.3, 0.4) is 0 Å². The van der Waals surface area contributed by atoms with E-state index in [2.05, 4.69) is 15.9 Å². The van der Waals surface area contributed by atoms with E-state index in [-0.39, 0.29) is 17.9 Å². The van der Waals surface area contributed by atoms with Crippen molar-refractivity contribution in [3.63, 3.8) is 0 Å². The molecule has 0 radical (unpaired) electrons. The average molecular weight is 309 g/mol. The molecule has 0 amide bonds. The molecule has 0 aromatic carbocycles. The molecule has 94 valence electrons. The standard InChI is InChI=1S/C13H13BrN2O2/c1-9-5-11(14)7-16(13(9)18)8-12(17)10-3-4-15(2)6-10/h3-7H,8H2,1-2H3. The van der Waals surface area contributed by atoms with Crippen LogP contribution in [0.25, 0.3) is 0 Å². The molecular formula is C13H13BrN2O2. The molecule has 2 rings (SSSR count). The van der Waals surface area contributed by atoms with Gasteiger partial charge in [0, 0.05) is 41.2 Å². The van der Waals surface area contributed by atoms with E-state index in [1.807, 2.05) is 17.8 Å². The van der Waals surface area contributed by atoms with Gasteiger partial charge < -0.3 is 9.13 Å². The van der Waals surface area contributed by atoms with E-state index in [1.54, 1.807) is 31.5 Å². The number of aryl methyl sites for hydroxylation is 2. The number of carbonyl (C=O) groups excluding carboxylic acids is 1. The third-order valence-electron chi connectivity index (χ3n) is 2.70. The number of hydrogen-bond acceptors (Lipinski definition) is 2. The second-order valence-electron chi connectivity index (χ2n) is 4.26. The Morgan fingerprint density at radius 2 is 2.11 bits per heavy atom. The summed E-state index contributed by atoms with van der Waals surface area (Å²) in [4.78, 5) is 23.9. The number of halogens is 1. The number of aromatic nitrogens is 2. The van der Waals surface area contributed by atoms with Crippen molar-refractivity contribution in [1.82, 2.24) is 9.13 Å². The minimum Gasteiger partial charge on any atom is -0.357 e. The van der Waals surface area contributed by atoms with Crippen LogP contribution >= 0.6 is 15.9 Å². The number of Topliss-reactive ketones (excluding diaryl/α,β-unsaturated/α-hetero) is 1. The van der Waals surface area contributed by atoms with Gasteiger partial charge in [0.15, 0.2) is 5.78 Å². The lowest BCUT2D eigenvalue weighted by Gasteiger charge is -2.06. The Labute approximate surface area is 113 Å². The highest BCUT2D eigenvalue weighted by Crippen LogP contribution is 2.09. The smallest absolute Gasteiger partial charge is 0.253 e. The summed E-state index contributed by atoms with van der Waals surface area (Å²) >= 11 is 3.32. The van der Waals surface area contributed by atoms with Crippen molar-refractivity contribution in [3.8, 4) is 0 Å². The summed E-state index contributed by atoms with van der Waals surface area (Å²) in [6.07, 6.45) is 5.19. The van der Waals surface area contributed by atoms with Gasteiger partial charge in [-0.15, -0.1) is 0 Å². The van der Waals surface area contributed by atoms with E-state index in [9.17, 15) is 9.59 Å². The van der Waals surface area contributed by atoms with E-state index in [0.717, 1.165) is 4.47 Å². The summed E-state index contributed by atoms with van der Waals surface area (Å²) in [6.45, 7) is 1.79. The normalized spacial score (nSPS) is 10.6. The van der Waals surface area contributed by atoms with Gasteiger partial charge in [0.25, 0.3) is 5.56 Å². The molecule has 0 bridgehead atoms. The Morgan fingerprint density at radius 1 is 1.39 bits per heavy atom. The first kappa shape index (κ1) is 12.8. The van der Waals surface area contributed by atoms with Crippen molar-refractivity contribution in [2.24, 2.45) is 7.05 Å². The lowest BCUT2D eigenvalue weighted by atomic mass is 10.2. The maximum Gasteiger partial charge on any atom is 0.253 e. The monoisotopic (exact) mass is 308 g/mol. The summed E-state index contributed by atoms with van der Waals surface area (Å²) in [6, 6.07) is 3.49. The summed E-state index contributed by atoms with van der Waals surface area (Å²) < 4.78 is 4.03. The first-order valence-corrected chi connectivity index (χ1v) is 6.28. The highest BCUT2D eigenvalue weighted by molar-refractivity contribution is 9.10. The van der Waals surface area contributed by atoms with Crippen LogP contribution in [0.2, 0.25) is 0 Å². The van der Waals surface area contributed by atoms with Crippen molar-refractivity contribution >= 4 is 21.7 Å². The SMILES string of the molecule is Cc1cc(Br)cn(CC(=O)c2ccn(C)c2)c1=O. The number of rotatable bonds is 3. The quantitative estimate of drug-likeness (QED) is 0.815. The number of pyridine rings is 1. The molecule has 0 spiro atoms. The van der Waals surface area contributed by atoms with Crippen molar-refractivity contribution in [2.75, 3.05) is 0 Å². The molecule has 0 atom stereocenters. The summed E-state index contributed by atoms with van der Waals surface area (Å²) in [5.74, 6) is -0.0739. The number of hydrogen-bond donors (Lipinski definition) is 0. The largest absolute Gasteiger partial charge is 0.357 e. The van der Waals surface area contributed by atoms with E-state index >= 15 is 0 Å². The summed E-state index contributed by atoms with van der Waals surface area (Å²) in [5, 5.41) is 0. The van der Waals surface area contributed by atoms with Gasteiger partial charge in [-0.05, 0) is 35.0 Å². The van der Waals surface area contributed by atoms with Gasteiger partial charge in [-0.2, -0.15) is 0 Å². The van der Waals surface area contributed by atoms with Crippen molar-refractivity contribution in [2.45, 2.75) is 13.5 Å². The predicted octanol–water partition coefficient (Wildman–Crippen LogP) is 2.14. The maximum absolute atomic E-state index is 12.0. The molecule has 0 saturated heterocycles. The third kappa shape index (κ3) is 2.61. The minimum absolute atomic E-state index is 0.0587. The zero-order chi connectivity index (χ0) is 13.3. The van der Waals surface area contributed by atoms with Crippen molar-refractivity contribution < 1.29 is 4.79 Å². The third-order valence-corrected chi connectivity index (χ3v) is 3.13. The van der Waals surface area contributed by atoms with Crippen LogP contribution in [0.5, 0.6) is 0 Å². The van der Waals surface area contributed by atoms with Crippen LogP contribution in [0.1, 0.15) is 15.9 Å². The topological polar surface area (TPSA) is 44.0 Å². The fraction of sp³-hybridized carbons (Fsp3) is 0.231. The Bertz CT molecular complexity index is 655. The highest BCUT2D eigenvalue weighted by atomic mass is 79.9. The highest BCUT2D eigenvalue weighted by Gasteiger charge is 2.10. The van der Waals surface area contributed by atoms with Crippen LogP contribution in [0.15, 0.2) is 40.0 Å². The van der Waals surface area contributed by atoms with E-state index in [1.165, 1.54) is 4.57 Å². The van der Waals surface area contributed by atoms with Crippen LogP contribution in [0.4, 0.5) is 0 Å². The zero-order valence-electron chi connectivity index (χ0n) is 10.2. The van der Waals surface area contributed by atoms with Crippen LogP contribution in [-0.2, 0) is 13.6 Å². The van der Waals surface area contributed by atoms with Gasteiger partial charge >= 0.3 is 0 Å². The maximum atomic E-state index is 12.0. The lowest BCUT2D eigenvalue weighted by Crippen LogP contribution is -2.25. The molecule has 0 aliphatic heterocycles. The van der Waals surface area contributed by atoms with Crippen molar-refractivity contribution in [3.05, 3.63) is 56.7 Å². The Balaban J connectivity index is 2.30. The van der Waals surface area contributed by atoms with Gasteiger partial charge in [0.2, 0.25) is 0 Å². The van der Waals surface area contributed by atoms with E-state index in [4.69, 9.17) is 0 Å². The zero-order valence-corrected chi connectivity index (χ0v) is 11.8. The molecule has 2 heterocycles. The molecule has 0 N–H and O–H groups in total. The van der Waals surface area contributed by atoms with Crippen LogP contribution < -0.4 is 5.56 Å². The fourth-order valence-electron chi connectivity index (χ4n) is 1.77. The first-order valence-electron chi connectivity index (χ1n) is 5.49. The van der Waals surface area contributed by atoms with Crippen LogP contribution in [-0.4, -0.2) is 14.9 Å². The van der Waals surface area contributed by atoms with Gasteiger partial charge in [-0.3, -0.25) is 9.59 Å². The van der Waals surface area contributed by atoms with Gasteiger partial charge in [0.1, 0.15) is 0 Å². The van der Waals surface area contributed by atoms with Crippen LogP contribution in [0, 0.1) is 6.92 Å². The van der Waals surface area contributed by atoms with E-state index in [0.29, 0.717) is 11.1 Å². The first-order chi connectivity index (χ1) is 8.47. The summed E-state index contributed by atoms with van der Waals surface area (Å²) in [5.41, 5.74) is 1.09. The lowest BCUT2D eigenvalue weighted by molar-refractivity contribution is 0.0970. The van der Waals surface area contributed by atoms with Gasteiger partial charge in [-0.1, -0.05) is 0 Å². The number of ketones is 1. The van der Waals surface area contributed by atoms with Gasteiger partial charge in [-0.25, -0.2) is 0 Å². The molecule has 5 heteroatoms. The van der Waals surface area contributed by atoms with Gasteiger partial charge in [0.05, 0.1) is 6.54 Å². The Hall–Kier alpha value is -1.62. The number of carbonyl (C=O) groups is 1. The molecule has 0 saturated carbocycles. The fourth-order valence-corrected chi connectivity index (χ4v) is 2.36. The molecule has 2 aromatic rings. The Kier molecular flexibility index (Phi) is 3.52. The molecule has 2 aromatic heterocycles. The predicted molar refractivity (Wildman–Crippen MR) is 72.9 cm³/mol. The number of nitrogens with zero attached hydrogens (tertiary/aromatic N) is 2. The molecule has 0 aliphatic carbocycles. The summed E-state index contributed by atoms with van der Waals surface area (Å²) in [7, 11) is 1.85. The molecule has 0 fully saturated rings. The average Bonchev–Trinajstić information content (AvgIpc) is 2.72. The molecule has 4 nitrogen and oxygen atoms in total. The Morgan fingerprint density at radius 3 is 2.72 bits per heavy atom. The van der Waals surface area contributed by atoms with E-state index < -0.39 is 0 Å². The van der Waals surface area contributed by atoms with Crippen molar-refractivity contribution in [1.29, 1.82) is 0 Å². The molecule has 0 unspecified atom stereocenters.